The number of hydrogen-bond donors (Lipinski definition) is 2. The van der Waals surface area contributed by atoms with Crippen LogP contribution in [0.1, 0.15) is 18.4 Å². The van der Waals surface area contributed by atoms with Crippen LogP contribution in [0.4, 0.5) is 10.8 Å². The zero-order chi connectivity index (χ0) is 15.5. The first-order valence-corrected chi connectivity index (χ1v) is 7.66. The fraction of sp³-hybridized carbons (Fsp3) is 0.286. The monoisotopic (exact) mass is 318 g/mol. The highest BCUT2D eigenvalue weighted by molar-refractivity contribution is 7.15. The Balaban J connectivity index is 1.63. The molecular formula is C14H14N4O3S. The second-order valence-electron chi connectivity index (χ2n) is 4.70. The average molecular weight is 318 g/mol. The van der Waals surface area contributed by atoms with Gasteiger partial charge in [0.2, 0.25) is 11.0 Å². The van der Waals surface area contributed by atoms with E-state index in [1.807, 2.05) is 6.92 Å². The SMILES string of the molecule is CCc1nnc(NC(=O)C[C@H]2Oc3ccccc3NC2=O)s1. The average Bonchev–Trinajstić information content (AvgIpc) is 2.95. The summed E-state index contributed by atoms with van der Waals surface area (Å²) in [6.07, 6.45) is -0.173. The summed E-state index contributed by atoms with van der Waals surface area (Å²) in [4.78, 5) is 24.0. The molecule has 8 heteroatoms. The van der Waals surface area contributed by atoms with Crippen LogP contribution in [0.3, 0.4) is 0 Å². The van der Waals surface area contributed by atoms with Gasteiger partial charge >= 0.3 is 0 Å². The normalized spacial score (nSPS) is 16.4. The number of amides is 2. The minimum absolute atomic E-state index is 0.0821. The Labute approximate surface area is 130 Å². The van der Waals surface area contributed by atoms with Crippen molar-refractivity contribution >= 4 is 34.0 Å². The van der Waals surface area contributed by atoms with Crippen LogP contribution in [0.2, 0.25) is 0 Å². The van der Waals surface area contributed by atoms with Crippen molar-refractivity contribution in [3.63, 3.8) is 0 Å². The number of carbonyl (C=O) groups excluding carboxylic acids is 2. The first kappa shape index (κ1) is 14.5. The molecule has 1 aromatic carbocycles. The first-order valence-electron chi connectivity index (χ1n) is 6.84. The van der Waals surface area contributed by atoms with Crippen LogP contribution in [0.5, 0.6) is 5.75 Å². The molecule has 0 bridgehead atoms. The third-order valence-corrected chi connectivity index (χ3v) is 4.08. The summed E-state index contributed by atoms with van der Waals surface area (Å²) < 4.78 is 5.57. The molecule has 0 aliphatic carbocycles. The highest BCUT2D eigenvalue weighted by atomic mass is 32.1. The minimum atomic E-state index is -0.853. The van der Waals surface area contributed by atoms with Gasteiger partial charge in [-0.2, -0.15) is 0 Å². The van der Waals surface area contributed by atoms with Gasteiger partial charge in [-0.05, 0) is 18.6 Å². The maximum absolute atomic E-state index is 12.0. The summed E-state index contributed by atoms with van der Waals surface area (Å²) in [5, 5.41) is 14.4. The Kier molecular flexibility index (Phi) is 4.01. The standard InChI is InChI=1S/C14H14N4O3S/c1-2-12-17-18-14(22-12)16-11(19)7-10-13(20)15-8-5-3-4-6-9(8)21-10/h3-6,10H,2,7H2,1H3,(H,15,20)(H,16,18,19)/t10-/m1/s1. The van der Waals surface area contributed by atoms with Crippen LogP contribution in [0.25, 0.3) is 0 Å². The van der Waals surface area contributed by atoms with Crippen molar-refractivity contribution in [2.24, 2.45) is 0 Å². The number of fused-ring (bicyclic) bond motifs is 1. The number of aromatic nitrogens is 2. The highest BCUT2D eigenvalue weighted by Gasteiger charge is 2.29. The summed E-state index contributed by atoms with van der Waals surface area (Å²) in [7, 11) is 0. The van der Waals surface area contributed by atoms with E-state index >= 15 is 0 Å². The van der Waals surface area contributed by atoms with Crippen molar-refractivity contribution < 1.29 is 14.3 Å². The second kappa shape index (κ2) is 6.10. The Morgan fingerprint density at radius 1 is 1.41 bits per heavy atom. The highest BCUT2D eigenvalue weighted by Crippen LogP contribution is 2.29. The summed E-state index contributed by atoms with van der Waals surface area (Å²) in [6.45, 7) is 1.96. The van der Waals surface area contributed by atoms with E-state index in [9.17, 15) is 9.59 Å². The molecule has 2 N–H and O–H groups in total. The number of anilines is 2. The van der Waals surface area contributed by atoms with Crippen LogP contribution in [-0.4, -0.2) is 28.1 Å². The van der Waals surface area contributed by atoms with E-state index in [0.717, 1.165) is 11.4 Å². The largest absolute Gasteiger partial charge is 0.478 e. The van der Waals surface area contributed by atoms with E-state index in [1.165, 1.54) is 11.3 Å². The Hall–Kier alpha value is -2.48. The van der Waals surface area contributed by atoms with Crippen LogP contribution >= 0.6 is 11.3 Å². The number of aryl methyl sites for hydroxylation is 1. The van der Waals surface area contributed by atoms with Gasteiger partial charge in [0.25, 0.3) is 5.91 Å². The molecule has 0 saturated heterocycles. The van der Waals surface area contributed by atoms with Crippen molar-refractivity contribution in [2.75, 3.05) is 10.6 Å². The molecule has 2 aromatic rings. The second-order valence-corrected chi connectivity index (χ2v) is 5.76. The molecule has 0 saturated carbocycles. The van der Waals surface area contributed by atoms with Crippen LogP contribution in [-0.2, 0) is 16.0 Å². The lowest BCUT2D eigenvalue weighted by Crippen LogP contribution is -2.39. The molecule has 1 aliphatic heterocycles. The van der Waals surface area contributed by atoms with E-state index < -0.39 is 6.10 Å². The lowest BCUT2D eigenvalue weighted by Gasteiger charge is -2.25. The molecular weight excluding hydrogens is 304 g/mol. The number of hydrogen-bond acceptors (Lipinski definition) is 6. The van der Waals surface area contributed by atoms with Gasteiger partial charge in [-0.25, -0.2) is 0 Å². The molecule has 1 aromatic heterocycles. The van der Waals surface area contributed by atoms with Crippen molar-refractivity contribution in [1.29, 1.82) is 0 Å². The summed E-state index contributed by atoms with van der Waals surface area (Å²) in [5.41, 5.74) is 0.612. The molecule has 1 aliphatic rings. The fourth-order valence-corrected chi connectivity index (χ4v) is 2.71. The molecule has 0 radical (unpaired) electrons. The molecule has 2 amide bonds. The maximum atomic E-state index is 12.0. The fourth-order valence-electron chi connectivity index (χ4n) is 2.01. The first-order chi connectivity index (χ1) is 10.7. The Morgan fingerprint density at radius 2 is 2.23 bits per heavy atom. The van der Waals surface area contributed by atoms with Crippen molar-refractivity contribution in [3.8, 4) is 5.75 Å². The summed E-state index contributed by atoms with van der Waals surface area (Å²) in [5.74, 6) is -0.109. The third-order valence-electron chi connectivity index (χ3n) is 3.09. The van der Waals surface area contributed by atoms with Gasteiger partial charge < -0.3 is 15.4 Å². The summed E-state index contributed by atoms with van der Waals surface area (Å²) in [6, 6.07) is 7.10. The zero-order valence-corrected chi connectivity index (χ0v) is 12.6. The van der Waals surface area contributed by atoms with Gasteiger partial charge in [0.1, 0.15) is 10.8 Å². The number of nitrogens with zero attached hydrogens (tertiary/aromatic N) is 2. The van der Waals surface area contributed by atoms with Crippen molar-refractivity contribution in [2.45, 2.75) is 25.9 Å². The molecule has 0 unspecified atom stereocenters. The van der Waals surface area contributed by atoms with E-state index in [-0.39, 0.29) is 18.2 Å². The van der Waals surface area contributed by atoms with E-state index in [4.69, 9.17) is 4.74 Å². The summed E-state index contributed by atoms with van der Waals surface area (Å²) >= 11 is 1.32. The number of benzene rings is 1. The molecule has 1 atom stereocenters. The predicted molar refractivity (Wildman–Crippen MR) is 82.0 cm³/mol. The molecule has 2 heterocycles. The molecule has 0 fully saturated rings. The number of ether oxygens (including phenoxy) is 1. The van der Waals surface area contributed by atoms with Gasteiger partial charge in [0, 0.05) is 0 Å². The molecule has 114 valence electrons. The van der Waals surface area contributed by atoms with Crippen LogP contribution < -0.4 is 15.4 Å². The Bertz CT molecular complexity index is 716. The van der Waals surface area contributed by atoms with Gasteiger partial charge in [-0.1, -0.05) is 30.4 Å². The minimum Gasteiger partial charge on any atom is -0.478 e. The Morgan fingerprint density at radius 3 is 3.00 bits per heavy atom. The van der Waals surface area contributed by atoms with Gasteiger partial charge in [-0.15, -0.1) is 10.2 Å². The molecule has 0 spiro atoms. The third kappa shape index (κ3) is 3.06. The molecule has 22 heavy (non-hydrogen) atoms. The number of rotatable bonds is 4. The lowest BCUT2D eigenvalue weighted by atomic mass is 10.1. The quantitative estimate of drug-likeness (QED) is 0.897. The predicted octanol–water partition coefficient (Wildman–Crippen LogP) is 1.83. The number of carbonyl (C=O) groups is 2. The van der Waals surface area contributed by atoms with E-state index in [0.29, 0.717) is 16.6 Å². The van der Waals surface area contributed by atoms with Gasteiger partial charge in [0.15, 0.2) is 6.10 Å². The topological polar surface area (TPSA) is 93.2 Å². The lowest BCUT2D eigenvalue weighted by molar-refractivity contribution is -0.128. The maximum Gasteiger partial charge on any atom is 0.266 e. The number of nitrogens with one attached hydrogen (secondary N) is 2. The van der Waals surface area contributed by atoms with Crippen molar-refractivity contribution in [3.05, 3.63) is 29.3 Å². The number of para-hydroxylation sites is 2. The smallest absolute Gasteiger partial charge is 0.266 e. The zero-order valence-electron chi connectivity index (χ0n) is 11.8. The van der Waals surface area contributed by atoms with Crippen LogP contribution in [0.15, 0.2) is 24.3 Å². The van der Waals surface area contributed by atoms with E-state index in [1.54, 1.807) is 24.3 Å². The van der Waals surface area contributed by atoms with Gasteiger partial charge in [-0.3, -0.25) is 9.59 Å². The van der Waals surface area contributed by atoms with Crippen molar-refractivity contribution in [1.82, 2.24) is 10.2 Å². The van der Waals surface area contributed by atoms with E-state index in [2.05, 4.69) is 20.8 Å². The molecule has 3 rings (SSSR count). The molecule has 7 nitrogen and oxygen atoms in total. The van der Waals surface area contributed by atoms with Gasteiger partial charge in [0.05, 0.1) is 12.1 Å². The van der Waals surface area contributed by atoms with Crippen LogP contribution in [0, 0.1) is 0 Å².